The molecule has 0 saturated carbocycles. The summed E-state index contributed by atoms with van der Waals surface area (Å²) in [7, 11) is 0.380. The molecule has 0 aliphatic heterocycles. The van der Waals surface area contributed by atoms with E-state index in [-0.39, 0.29) is 90.4 Å². The normalized spacial score (nSPS) is 6.24. The van der Waals surface area contributed by atoms with E-state index in [9.17, 15) is 0 Å². The van der Waals surface area contributed by atoms with E-state index in [1.807, 2.05) is 54.1 Å². The summed E-state index contributed by atoms with van der Waals surface area (Å²) < 4.78 is 1.50. The molecule has 34 heavy (non-hydrogen) atoms. The maximum absolute atomic E-state index is 3.89. The maximum Gasteiger partial charge on any atom is 0 e. The topological polar surface area (TPSA) is 0 Å². The van der Waals surface area contributed by atoms with Crippen molar-refractivity contribution in [2.75, 3.05) is 65.0 Å². The summed E-state index contributed by atoms with van der Waals surface area (Å²) in [6.07, 6.45) is 9.98. The molecule has 0 N–H and O–H groups in total. The van der Waals surface area contributed by atoms with Gasteiger partial charge < -0.3 is 7.43 Å². The number of hydrogen-bond donors (Lipinski definition) is 0. The van der Waals surface area contributed by atoms with Crippen LogP contribution in [0.1, 0.15) is 62.8 Å². The minimum atomic E-state index is -0.333. The van der Waals surface area contributed by atoms with Gasteiger partial charge in [0.05, 0.1) is 0 Å². The fourth-order valence-electron chi connectivity index (χ4n) is 0. The molecule has 222 valence electrons. The monoisotopic (exact) mass is 1770 g/mol. The Labute approximate surface area is 316 Å². The predicted molar refractivity (Wildman–Crippen MR) is 167 cm³/mol. The molecule has 0 aliphatic carbocycles. The third kappa shape index (κ3) is 1310. The number of thioether (sulfide) groups is 1. The van der Waals surface area contributed by atoms with Crippen molar-refractivity contribution in [3.8, 4) is 0 Å². The summed E-state index contributed by atoms with van der Waals surface area (Å²) in [6, 6.07) is 0. The van der Waals surface area contributed by atoms with Crippen molar-refractivity contribution in [2.45, 2.75) is 62.8 Å². The second-order valence-electron chi connectivity index (χ2n) is 5.19. The molecule has 0 aromatic rings. The Morgan fingerprint density at radius 2 is 0.882 bits per heavy atom. The minimum Gasteiger partial charge on any atom is -0.358 e. The van der Waals surface area contributed by atoms with Gasteiger partial charge in [-0.05, 0) is 32.5 Å². The van der Waals surface area contributed by atoms with Crippen molar-refractivity contribution in [3.05, 3.63) is 7.43 Å². The van der Waals surface area contributed by atoms with E-state index in [1.165, 1.54) is 10.1 Å². The number of rotatable bonds is 0. The SMILES string of the molecule is C.C=[S](C)(C)=[W].CC.CC.CC.CP(C)C.CSC.C[C](C)=[W].C[PH](C)=[W].C[P]=[W].[CH3-].[W].[W].[W]. The van der Waals surface area contributed by atoms with Crippen molar-refractivity contribution in [3.63, 3.8) is 0 Å². The zero-order valence-corrected chi connectivity index (χ0v) is 50.2. The molecular weight excluding hydrogens is 1710 g/mol. The van der Waals surface area contributed by atoms with Gasteiger partial charge in [0.1, 0.15) is 0 Å². The second kappa shape index (κ2) is 106. The van der Waals surface area contributed by atoms with Crippen LogP contribution in [0, 0.1) is 7.43 Å². The Morgan fingerprint density at radius 1 is 0.882 bits per heavy atom. The van der Waals surface area contributed by atoms with Crippen LogP contribution < -0.4 is 0 Å². The van der Waals surface area contributed by atoms with E-state index in [1.54, 1.807) is 86.7 Å². The molecule has 0 aromatic heterocycles. The van der Waals surface area contributed by atoms with Gasteiger partial charge in [0.25, 0.3) is 0 Å². The molecule has 0 nitrogen and oxygen atoms in total. The number of hydrogen-bond acceptors (Lipinski definition) is 1. The van der Waals surface area contributed by atoms with Crippen molar-refractivity contribution < 1.29 is 138 Å². The summed E-state index contributed by atoms with van der Waals surface area (Å²) in [4.78, 5) is 0. The van der Waals surface area contributed by atoms with Crippen LogP contribution in [0.3, 0.4) is 0 Å². The average Bonchev–Trinajstić information content (AvgIpc) is 2.51. The summed E-state index contributed by atoms with van der Waals surface area (Å²) >= 11 is 8.40. The van der Waals surface area contributed by atoms with E-state index in [0.717, 1.165) is 0 Å². The van der Waals surface area contributed by atoms with Gasteiger partial charge in [0.15, 0.2) is 0 Å². The van der Waals surface area contributed by atoms with Crippen molar-refractivity contribution in [2.24, 2.45) is 0 Å². The van der Waals surface area contributed by atoms with Crippen molar-refractivity contribution >= 4 is 48.0 Å². The predicted octanol–water partition coefficient (Wildman–Crippen LogP) is 10.1. The molecule has 0 atom stereocenters. The van der Waals surface area contributed by atoms with Crippen molar-refractivity contribution in [1.82, 2.24) is 0 Å². The molecule has 0 aromatic carbocycles. The molecule has 0 saturated heterocycles. The molecule has 0 aliphatic rings. The minimum absolute atomic E-state index is 0. The average molecular weight is 1770 g/mol. The fourth-order valence-corrected chi connectivity index (χ4v) is 0. The van der Waals surface area contributed by atoms with Crippen molar-refractivity contribution in [1.29, 1.82) is 0 Å². The first-order valence-electron chi connectivity index (χ1n) is 9.47. The van der Waals surface area contributed by atoms with Gasteiger partial charge in [-0.3, -0.25) is 0 Å². The smallest absolute Gasteiger partial charge is 0 e. The van der Waals surface area contributed by atoms with Crippen LogP contribution in [0.15, 0.2) is 0 Å². The van der Waals surface area contributed by atoms with Crippen LogP contribution in [0.2, 0.25) is 0 Å². The standard InChI is InChI=1S/C3H9P.C3H8S.C3H6.C2H7P.C2H6S.3C2H6.CH3P.CH4.CH3.7W/c2*1-4(2)3;3*1-3-2;4*1-2;;;;;;;;;/h1-3H3;1H2,2-3H3;1-2H3;3H,1-2H3;1-2H3;3*1-2H3;1H3;1H4;1H3;;;;;;;/q;;;;;;;;;;-1;;;;;;;. The molecule has 0 radical (unpaired) electrons. The second-order valence-corrected chi connectivity index (χ2v) is 39.1. The Balaban J connectivity index is -0.0000000110. The van der Waals surface area contributed by atoms with Gasteiger partial charge in [-0.2, -0.15) is 11.8 Å². The molecule has 0 spiro atoms. The summed E-state index contributed by atoms with van der Waals surface area (Å²) in [5, 5.41) is 0. The first-order chi connectivity index (χ1) is 13.0. The fraction of sp³-hybridized carbons (Fsp3) is 0.864. The molecule has 0 bridgehead atoms. The van der Waals surface area contributed by atoms with Gasteiger partial charge in [0.2, 0.25) is 0 Å². The largest absolute Gasteiger partial charge is 0.358 e. The van der Waals surface area contributed by atoms with Crippen LogP contribution in [0.5, 0.6) is 0 Å². The van der Waals surface area contributed by atoms with Crippen LogP contribution in [-0.2, 0) is 138 Å². The van der Waals surface area contributed by atoms with Gasteiger partial charge in [0, 0.05) is 63.2 Å². The van der Waals surface area contributed by atoms with Crippen LogP contribution in [0.4, 0.5) is 0 Å². The van der Waals surface area contributed by atoms with Gasteiger partial charge >= 0.3 is 150 Å². The molecule has 0 rings (SSSR count). The molecule has 0 heterocycles. The Kier molecular flexibility index (Phi) is 281. The van der Waals surface area contributed by atoms with Crippen LogP contribution in [0.25, 0.3) is 0 Å². The van der Waals surface area contributed by atoms with Gasteiger partial charge in [-0.25, -0.2) is 0 Å². The summed E-state index contributed by atoms with van der Waals surface area (Å²) in [5.74, 6) is 3.89. The Morgan fingerprint density at radius 3 is 0.882 bits per heavy atom. The summed E-state index contributed by atoms with van der Waals surface area (Å²) in [6.45, 7) is 29.3. The quantitative estimate of drug-likeness (QED) is 0.132. The van der Waals surface area contributed by atoms with E-state index < -0.39 is 0 Å². The zero-order valence-electron chi connectivity index (χ0n) is 25.3. The zero-order chi connectivity index (χ0) is 26.6. The van der Waals surface area contributed by atoms with E-state index >= 15 is 0 Å². The Hall–Kier alpha value is 6.42. The van der Waals surface area contributed by atoms with E-state index in [4.69, 9.17) is 0 Å². The maximum atomic E-state index is 3.89. The first kappa shape index (κ1) is 90.0. The molecule has 0 fully saturated rings. The third-order valence-electron chi connectivity index (χ3n) is 0. The summed E-state index contributed by atoms with van der Waals surface area (Å²) in [5.41, 5.74) is 0.204. The molecule has 0 unspecified atom stereocenters. The molecular formula is C22H64P3S2W7-. The molecule has 0 amide bonds. The van der Waals surface area contributed by atoms with Crippen LogP contribution >= 0.6 is 38.3 Å². The van der Waals surface area contributed by atoms with Gasteiger partial charge in [-0.1, -0.05) is 49.0 Å². The van der Waals surface area contributed by atoms with Crippen LogP contribution in [-0.4, -0.2) is 74.8 Å². The van der Waals surface area contributed by atoms with E-state index in [2.05, 4.69) is 72.2 Å². The molecule has 12 heteroatoms. The van der Waals surface area contributed by atoms with Gasteiger partial charge in [-0.15, -0.1) is 7.92 Å². The first-order valence-corrected chi connectivity index (χ1v) is 33.4. The van der Waals surface area contributed by atoms with E-state index in [0.29, 0.717) is 7.92 Å². The third-order valence-corrected chi connectivity index (χ3v) is 0. The Bertz CT molecular complexity index is 326.